The minimum Gasteiger partial charge on any atom is -0.465 e. The van der Waals surface area contributed by atoms with Crippen molar-refractivity contribution in [1.29, 1.82) is 0 Å². The van der Waals surface area contributed by atoms with Gasteiger partial charge in [0, 0.05) is 6.26 Å². The summed E-state index contributed by atoms with van der Waals surface area (Å²) in [7, 11) is -6.61. The third-order valence-corrected chi connectivity index (χ3v) is 6.09. The van der Waals surface area contributed by atoms with Crippen LogP contribution in [0.4, 0.5) is 0 Å². The molecule has 0 spiro atoms. The second-order valence-electron chi connectivity index (χ2n) is 5.22. The molecule has 0 atom stereocenters. The summed E-state index contributed by atoms with van der Waals surface area (Å²) in [5.74, 6) is -0.117. The Morgan fingerprint density at radius 2 is 1.76 bits per heavy atom. The number of carbonyl (C=O) groups excluding carboxylic acids is 1. The third-order valence-electron chi connectivity index (χ3n) is 3.35. The quantitative estimate of drug-likeness (QED) is 0.741. The van der Waals surface area contributed by atoms with Crippen molar-refractivity contribution in [2.75, 3.05) is 13.4 Å². The van der Waals surface area contributed by atoms with Crippen LogP contribution in [0.3, 0.4) is 0 Å². The van der Waals surface area contributed by atoms with Gasteiger partial charge < -0.3 is 9.15 Å². The van der Waals surface area contributed by atoms with Gasteiger partial charge >= 0.3 is 5.97 Å². The van der Waals surface area contributed by atoms with Gasteiger partial charge in [-0.15, -0.1) is 0 Å². The molecule has 0 saturated carbocycles. The van der Waals surface area contributed by atoms with Gasteiger partial charge in [0.05, 0.1) is 18.6 Å². The maximum atomic E-state index is 12.4. The van der Waals surface area contributed by atoms with Crippen LogP contribution in [0, 0.1) is 6.92 Å². The molecule has 8 nitrogen and oxygen atoms in total. The van der Waals surface area contributed by atoms with Crippen molar-refractivity contribution >= 4 is 25.8 Å². The molecule has 1 aromatic carbocycles. The van der Waals surface area contributed by atoms with E-state index < -0.39 is 25.8 Å². The Hall–Kier alpha value is -2.17. The number of sulfone groups is 1. The van der Waals surface area contributed by atoms with Gasteiger partial charge in [0.15, 0.2) is 9.84 Å². The summed E-state index contributed by atoms with van der Waals surface area (Å²) in [4.78, 5) is 10.9. The van der Waals surface area contributed by atoms with Crippen LogP contribution in [0.1, 0.15) is 21.9 Å². The van der Waals surface area contributed by atoms with Crippen molar-refractivity contribution in [1.82, 2.24) is 4.72 Å². The number of rotatable bonds is 6. The van der Waals surface area contributed by atoms with Gasteiger partial charge in [-0.05, 0) is 25.1 Å². The zero-order chi connectivity index (χ0) is 18.8. The number of aryl methyl sites for hydroxylation is 1. The van der Waals surface area contributed by atoms with Gasteiger partial charge in [0.25, 0.3) is 0 Å². The Labute approximate surface area is 145 Å². The Kier molecular flexibility index (Phi) is 5.35. The first-order valence-electron chi connectivity index (χ1n) is 7.02. The van der Waals surface area contributed by atoms with Crippen LogP contribution in [0.5, 0.6) is 0 Å². The first kappa shape index (κ1) is 19.2. The number of furan rings is 1. The highest BCUT2D eigenvalue weighted by Gasteiger charge is 2.24. The molecule has 10 heteroatoms. The fourth-order valence-corrected chi connectivity index (χ4v) is 4.79. The van der Waals surface area contributed by atoms with Gasteiger partial charge in [0.1, 0.15) is 22.0 Å². The lowest BCUT2D eigenvalue weighted by atomic mass is 10.2. The highest BCUT2D eigenvalue weighted by atomic mass is 32.2. The summed E-state index contributed by atoms with van der Waals surface area (Å²) in [5, 5.41) is 0. The molecule has 0 radical (unpaired) electrons. The highest BCUT2D eigenvalue weighted by molar-refractivity contribution is 7.93. The van der Waals surface area contributed by atoms with E-state index in [0.717, 1.165) is 6.26 Å². The maximum absolute atomic E-state index is 12.4. The van der Waals surface area contributed by atoms with Gasteiger partial charge in [-0.2, -0.15) is 0 Å². The van der Waals surface area contributed by atoms with Crippen LogP contribution in [0.2, 0.25) is 0 Å². The zero-order valence-electron chi connectivity index (χ0n) is 13.8. The predicted molar refractivity (Wildman–Crippen MR) is 88.4 cm³/mol. The number of benzene rings is 1. The van der Waals surface area contributed by atoms with Crippen LogP contribution < -0.4 is 4.72 Å². The van der Waals surface area contributed by atoms with Crippen LogP contribution in [-0.4, -0.2) is 36.2 Å². The Morgan fingerprint density at radius 3 is 2.32 bits per heavy atom. The van der Waals surface area contributed by atoms with Crippen molar-refractivity contribution < 1.29 is 30.8 Å². The third kappa shape index (κ3) is 4.27. The van der Waals surface area contributed by atoms with E-state index in [-0.39, 0.29) is 33.4 Å². The lowest BCUT2D eigenvalue weighted by Crippen LogP contribution is -2.24. The molecule has 1 heterocycles. The summed E-state index contributed by atoms with van der Waals surface area (Å²) in [6.07, 6.45) is 0.930. The molecule has 0 aliphatic carbocycles. The number of nitrogens with one attached hydrogen (secondary N) is 1. The molecule has 1 aromatic heterocycles. The van der Waals surface area contributed by atoms with Crippen LogP contribution in [0.25, 0.3) is 0 Å². The molecular formula is C15H17NO7S2. The smallest absolute Gasteiger partial charge is 0.341 e. The fraction of sp³-hybridized carbons (Fsp3) is 0.267. The van der Waals surface area contributed by atoms with E-state index in [9.17, 15) is 21.6 Å². The number of hydrogen-bond acceptors (Lipinski definition) is 7. The van der Waals surface area contributed by atoms with E-state index in [1.165, 1.54) is 37.4 Å². The lowest BCUT2D eigenvalue weighted by molar-refractivity contribution is 0.0598. The normalized spacial score (nSPS) is 12.1. The first-order chi connectivity index (χ1) is 11.6. The second kappa shape index (κ2) is 6.98. The van der Waals surface area contributed by atoms with Gasteiger partial charge in [-0.3, -0.25) is 0 Å². The molecule has 2 aromatic rings. The van der Waals surface area contributed by atoms with Crippen molar-refractivity contribution in [3.05, 3.63) is 47.4 Å². The molecule has 25 heavy (non-hydrogen) atoms. The minimum atomic E-state index is -4.11. The number of methoxy groups -OCH3 is 1. The van der Waals surface area contributed by atoms with E-state index in [1.807, 2.05) is 0 Å². The van der Waals surface area contributed by atoms with Gasteiger partial charge in [0.2, 0.25) is 10.0 Å². The molecule has 0 amide bonds. The molecule has 1 N–H and O–H groups in total. The van der Waals surface area contributed by atoms with E-state index >= 15 is 0 Å². The van der Waals surface area contributed by atoms with Gasteiger partial charge in [-0.25, -0.2) is 26.4 Å². The number of sulfonamides is 1. The summed E-state index contributed by atoms with van der Waals surface area (Å²) >= 11 is 0. The monoisotopic (exact) mass is 387 g/mol. The number of carbonyl (C=O) groups is 1. The summed E-state index contributed by atoms with van der Waals surface area (Å²) in [5.41, 5.74) is 0.188. The SMILES string of the molecule is COC(=O)c1cc(CNS(=O)(=O)c2ccccc2S(C)(=O)=O)oc1C. The van der Waals surface area contributed by atoms with Crippen LogP contribution in [-0.2, 0) is 31.1 Å². The maximum Gasteiger partial charge on any atom is 0.341 e. The summed E-state index contributed by atoms with van der Waals surface area (Å²) in [6.45, 7) is 1.29. The topological polar surface area (TPSA) is 120 Å². The molecule has 0 aliphatic heterocycles. The zero-order valence-corrected chi connectivity index (χ0v) is 15.4. The van der Waals surface area contributed by atoms with Crippen molar-refractivity contribution in [2.24, 2.45) is 0 Å². The predicted octanol–water partition coefficient (Wildman–Crippen LogP) is 1.26. The number of esters is 1. The van der Waals surface area contributed by atoms with Crippen molar-refractivity contribution in [3.63, 3.8) is 0 Å². The second-order valence-corrected chi connectivity index (χ2v) is 8.94. The molecule has 0 unspecified atom stereocenters. The van der Waals surface area contributed by atoms with E-state index in [2.05, 4.69) is 9.46 Å². The van der Waals surface area contributed by atoms with E-state index in [1.54, 1.807) is 6.92 Å². The first-order valence-corrected chi connectivity index (χ1v) is 10.4. The van der Waals surface area contributed by atoms with Gasteiger partial charge in [-0.1, -0.05) is 12.1 Å². The largest absolute Gasteiger partial charge is 0.465 e. The van der Waals surface area contributed by atoms with Crippen molar-refractivity contribution in [2.45, 2.75) is 23.3 Å². The Balaban J connectivity index is 2.29. The fourth-order valence-electron chi connectivity index (χ4n) is 2.17. The molecule has 0 aliphatic rings. The molecule has 0 bridgehead atoms. The summed E-state index contributed by atoms with van der Waals surface area (Å²) < 4.78 is 60.6. The average Bonchev–Trinajstić information content (AvgIpc) is 2.92. The Bertz CT molecular complexity index is 1000. The average molecular weight is 387 g/mol. The minimum absolute atomic E-state index is 0.188. The standard InChI is InChI=1S/C15H17NO7S2/c1-10-12(15(17)22-2)8-11(23-10)9-16-25(20,21)14-7-5-4-6-13(14)24(3,18)19/h4-8,16H,9H2,1-3H3. The van der Waals surface area contributed by atoms with E-state index in [0.29, 0.717) is 0 Å². The van der Waals surface area contributed by atoms with E-state index in [4.69, 9.17) is 4.42 Å². The summed E-state index contributed by atoms with van der Waals surface area (Å²) in [6, 6.07) is 6.65. The van der Waals surface area contributed by atoms with Crippen LogP contribution in [0.15, 0.2) is 44.5 Å². The molecule has 136 valence electrons. The lowest BCUT2D eigenvalue weighted by Gasteiger charge is -2.09. The van der Waals surface area contributed by atoms with Crippen molar-refractivity contribution in [3.8, 4) is 0 Å². The number of ether oxygens (including phenoxy) is 1. The molecule has 0 saturated heterocycles. The highest BCUT2D eigenvalue weighted by Crippen LogP contribution is 2.21. The Morgan fingerprint density at radius 1 is 1.16 bits per heavy atom. The van der Waals surface area contributed by atoms with Crippen LogP contribution >= 0.6 is 0 Å². The molecule has 0 fully saturated rings. The number of hydrogen-bond donors (Lipinski definition) is 1. The molecular weight excluding hydrogens is 370 g/mol. The molecule has 2 rings (SSSR count).